The number of amides is 1. The average Bonchev–Trinajstić information content (AvgIpc) is 3.49. The highest BCUT2D eigenvalue weighted by atomic mass is 32.2. The van der Waals surface area contributed by atoms with Crippen molar-refractivity contribution in [2.24, 2.45) is 0 Å². The predicted molar refractivity (Wildman–Crippen MR) is 111 cm³/mol. The molecule has 3 heterocycles. The van der Waals surface area contributed by atoms with Gasteiger partial charge in [-0.2, -0.15) is 4.31 Å². The van der Waals surface area contributed by atoms with E-state index in [0.29, 0.717) is 44.2 Å². The lowest BCUT2D eigenvalue weighted by Gasteiger charge is -2.26. The number of ether oxygens (including phenoxy) is 1. The second-order valence-corrected chi connectivity index (χ2v) is 9.43. The van der Waals surface area contributed by atoms with Gasteiger partial charge in [-0.1, -0.05) is 17.8 Å². The number of thioether (sulfide) groups is 1. The zero-order valence-electron chi connectivity index (χ0n) is 16.4. The molecule has 0 unspecified atom stereocenters. The molecule has 0 spiro atoms. The topological polar surface area (TPSA) is 128 Å². The molecule has 1 amide bonds. The Bertz CT molecular complexity index is 1120. The van der Waals surface area contributed by atoms with Crippen LogP contribution in [0.2, 0.25) is 0 Å². The highest BCUT2D eigenvalue weighted by Crippen LogP contribution is 2.26. The van der Waals surface area contributed by atoms with Gasteiger partial charge in [0.25, 0.3) is 5.22 Å². The largest absolute Gasteiger partial charge is 0.467 e. The van der Waals surface area contributed by atoms with Crippen molar-refractivity contribution in [2.75, 3.05) is 32.1 Å². The number of morpholine rings is 1. The molecule has 10 nitrogen and oxygen atoms in total. The van der Waals surface area contributed by atoms with Gasteiger partial charge < -0.3 is 18.9 Å². The van der Waals surface area contributed by atoms with Crippen molar-refractivity contribution in [3.8, 4) is 11.5 Å². The van der Waals surface area contributed by atoms with E-state index in [-0.39, 0.29) is 27.7 Å². The quantitative estimate of drug-likeness (QED) is 0.496. The van der Waals surface area contributed by atoms with Crippen LogP contribution in [0.4, 0.5) is 0 Å². The van der Waals surface area contributed by atoms with Gasteiger partial charge in [0.1, 0.15) is 5.76 Å². The first-order valence-electron chi connectivity index (χ1n) is 9.46. The Hall–Kier alpha value is -2.67. The Morgan fingerprint density at radius 3 is 2.77 bits per heavy atom. The molecule has 0 bridgehead atoms. The van der Waals surface area contributed by atoms with Gasteiger partial charge in [0, 0.05) is 18.7 Å². The second kappa shape index (κ2) is 9.64. The average molecular weight is 465 g/mol. The van der Waals surface area contributed by atoms with Gasteiger partial charge in [0.2, 0.25) is 21.8 Å². The van der Waals surface area contributed by atoms with E-state index in [1.807, 2.05) is 0 Å². The van der Waals surface area contributed by atoms with Gasteiger partial charge in [-0.25, -0.2) is 8.42 Å². The molecule has 1 aliphatic heterocycles. The highest BCUT2D eigenvalue weighted by Gasteiger charge is 2.27. The number of hydrogen-bond donors (Lipinski definition) is 1. The third kappa shape index (κ3) is 5.34. The number of aromatic nitrogens is 2. The molecule has 0 aliphatic carbocycles. The van der Waals surface area contributed by atoms with Crippen LogP contribution in [0.25, 0.3) is 11.5 Å². The maximum atomic E-state index is 12.8. The molecule has 1 N–H and O–H groups in total. The Labute approximate surface area is 183 Å². The van der Waals surface area contributed by atoms with Crippen molar-refractivity contribution in [1.29, 1.82) is 0 Å². The number of hydrogen-bond acceptors (Lipinski definition) is 9. The lowest BCUT2D eigenvalue weighted by molar-refractivity contribution is -0.118. The van der Waals surface area contributed by atoms with E-state index >= 15 is 0 Å². The maximum Gasteiger partial charge on any atom is 0.277 e. The van der Waals surface area contributed by atoms with E-state index in [1.54, 1.807) is 24.3 Å². The summed E-state index contributed by atoms with van der Waals surface area (Å²) >= 11 is 1.09. The Morgan fingerprint density at radius 1 is 1.16 bits per heavy atom. The molecule has 12 heteroatoms. The fourth-order valence-electron chi connectivity index (χ4n) is 2.89. The SMILES string of the molecule is O=C(CSc1nnc(-c2cccc(S(=O)(=O)N3CCOCC3)c2)o1)NCc1ccco1. The number of benzene rings is 1. The van der Waals surface area contributed by atoms with Gasteiger partial charge in [0.05, 0.1) is 36.7 Å². The summed E-state index contributed by atoms with van der Waals surface area (Å²) in [5, 5.41) is 10.8. The third-order valence-electron chi connectivity index (χ3n) is 4.46. The van der Waals surface area contributed by atoms with Crippen LogP contribution in [0, 0.1) is 0 Å². The van der Waals surface area contributed by atoms with Crippen LogP contribution < -0.4 is 5.32 Å². The van der Waals surface area contributed by atoms with Gasteiger partial charge in [-0.05, 0) is 30.3 Å². The molecule has 3 aromatic rings. The molecule has 164 valence electrons. The fourth-order valence-corrected chi connectivity index (χ4v) is 4.93. The number of carbonyl (C=O) groups is 1. The third-order valence-corrected chi connectivity index (χ3v) is 7.17. The van der Waals surface area contributed by atoms with Gasteiger partial charge >= 0.3 is 0 Å². The summed E-state index contributed by atoms with van der Waals surface area (Å²) < 4.78 is 43.1. The van der Waals surface area contributed by atoms with Gasteiger partial charge in [0.15, 0.2) is 0 Å². The van der Waals surface area contributed by atoms with Crippen LogP contribution in [0.5, 0.6) is 0 Å². The summed E-state index contributed by atoms with van der Waals surface area (Å²) in [5.74, 6) is 0.718. The van der Waals surface area contributed by atoms with E-state index in [4.69, 9.17) is 13.6 Å². The van der Waals surface area contributed by atoms with E-state index < -0.39 is 10.0 Å². The van der Waals surface area contributed by atoms with Crippen LogP contribution in [-0.2, 0) is 26.1 Å². The van der Waals surface area contributed by atoms with Gasteiger partial charge in [-0.3, -0.25) is 4.79 Å². The molecule has 1 aromatic carbocycles. The summed E-state index contributed by atoms with van der Waals surface area (Å²) in [7, 11) is -3.63. The number of sulfonamides is 1. The van der Waals surface area contributed by atoms with Crippen LogP contribution in [0.15, 0.2) is 61.6 Å². The fraction of sp³-hybridized carbons (Fsp3) is 0.316. The second-order valence-electron chi connectivity index (χ2n) is 6.56. The summed E-state index contributed by atoms with van der Waals surface area (Å²) in [6.45, 7) is 1.67. The molecule has 0 radical (unpaired) electrons. The van der Waals surface area contributed by atoms with Crippen LogP contribution in [0.1, 0.15) is 5.76 Å². The van der Waals surface area contributed by atoms with E-state index in [2.05, 4.69) is 15.5 Å². The molecular weight excluding hydrogens is 444 g/mol. The monoisotopic (exact) mass is 464 g/mol. The number of nitrogens with one attached hydrogen (secondary N) is 1. The van der Waals surface area contributed by atoms with Crippen molar-refractivity contribution < 1.29 is 26.8 Å². The number of carbonyl (C=O) groups excluding carboxylic acids is 1. The van der Waals surface area contributed by atoms with Gasteiger partial charge in [-0.15, -0.1) is 10.2 Å². The van der Waals surface area contributed by atoms with Crippen LogP contribution in [0.3, 0.4) is 0 Å². The first kappa shape index (κ1) is 21.6. The van der Waals surface area contributed by atoms with E-state index in [9.17, 15) is 13.2 Å². The Balaban J connectivity index is 1.38. The van der Waals surface area contributed by atoms with Crippen molar-refractivity contribution in [1.82, 2.24) is 19.8 Å². The van der Waals surface area contributed by atoms with E-state index in [0.717, 1.165) is 11.8 Å². The van der Waals surface area contributed by atoms with Crippen molar-refractivity contribution in [3.63, 3.8) is 0 Å². The molecule has 1 saturated heterocycles. The summed E-state index contributed by atoms with van der Waals surface area (Å²) in [4.78, 5) is 12.1. The molecule has 0 saturated carbocycles. The van der Waals surface area contributed by atoms with Crippen molar-refractivity contribution in [2.45, 2.75) is 16.7 Å². The highest BCUT2D eigenvalue weighted by molar-refractivity contribution is 7.99. The normalized spacial score (nSPS) is 15.1. The minimum atomic E-state index is -3.63. The van der Waals surface area contributed by atoms with Crippen molar-refractivity contribution in [3.05, 3.63) is 48.4 Å². The molecule has 2 aromatic heterocycles. The first-order valence-corrected chi connectivity index (χ1v) is 11.9. The van der Waals surface area contributed by atoms with Crippen LogP contribution in [-0.4, -0.2) is 60.9 Å². The predicted octanol–water partition coefficient (Wildman–Crippen LogP) is 1.76. The van der Waals surface area contributed by atoms with Crippen molar-refractivity contribution >= 4 is 27.7 Å². The van der Waals surface area contributed by atoms with E-state index in [1.165, 1.54) is 22.7 Å². The molecule has 1 aliphatic rings. The summed E-state index contributed by atoms with van der Waals surface area (Å²) in [6.07, 6.45) is 1.54. The number of rotatable bonds is 8. The standard InChI is InChI=1S/C19H20N4O6S2/c24-17(20-12-15-4-2-8-28-15)13-30-19-22-21-18(29-19)14-3-1-5-16(11-14)31(25,26)23-6-9-27-10-7-23/h1-5,8,11H,6-7,9-10,12-13H2,(H,20,24). The zero-order valence-corrected chi connectivity index (χ0v) is 18.0. The lowest BCUT2D eigenvalue weighted by atomic mass is 10.2. The Morgan fingerprint density at radius 2 is 2.00 bits per heavy atom. The first-order chi connectivity index (χ1) is 15.0. The van der Waals surface area contributed by atoms with Crippen LogP contribution >= 0.6 is 11.8 Å². The zero-order chi connectivity index (χ0) is 21.7. The number of nitrogens with zero attached hydrogens (tertiary/aromatic N) is 3. The minimum absolute atomic E-state index is 0.0911. The maximum absolute atomic E-state index is 12.8. The molecule has 31 heavy (non-hydrogen) atoms. The smallest absolute Gasteiger partial charge is 0.277 e. The number of furan rings is 1. The summed E-state index contributed by atoms with van der Waals surface area (Å²) in [6, 6.07) is 9.87. The molecular formula is C19H20N4O6S2. The Kier molecular flexibility index (Phi) is 6.70. The molecule has 4 rings (SSSR count). The molecule has 1 fully saturated rings. The molecule has 0 atom stereocenters. The lowest BCUT2D eigenvalue weighted by Crippen LogP contribution is -2.40. The minimum Gasteiger partial charge on any atom is -0.467 e. The summed E-state index contributed by atoms with van der Waals surface area (Å²) in [5.41, 5.74) is 0.482.